The zero-order valence-corrected chi connectivity index (χ0v) is 6.94. The minimum absolute atomic E-state index is 0.537. The van der Waals surface area contributed by atoms with Crippen molar-refractivity contribution in [2.75, 3.05) is 0 Å². The fourth-order valence-corrected chi connectivity index (χ4v) is 1.55. The molecule has 2 heterocycles. The van der Waals surface area contributed by atoms with Gasteiger partial charge in [0.05, 0.1) is 11.4 Å². The highest BCUT2D eigenvalue weighted by molar-refractivity contribution is 5.30. The van der Waals surface area contributed by atoms with Crippen LogP contribution in [0.3, 0.4) is 0 Å². The lowest BCUT2D eigenvalue weighted by atomic mass is 10.1. The maximum absolute atomic E-state index is 4.27. The highest BCUT2D eigenvalue weighted by atomic mass is 15.2. The third-order valence-electron chi connectivity index (χ3n) is 2.14. The second kappa shape index (κ2) is 2.34. The predicted molar refractivity (Wildman–Crippen MR) is 43.2 cm³/mol. The Balaban J connectivity index is 2.42. The molecular weight excluding hydrogens is 138 g/mol. The molecule has 0 atom stereocenters. The molecule has 3 heteroatoms. The standard InChI is InChI=1S/C8H13N3/c1-5(2)8-6-3-9-4-7(6)10-11-8/h5,9H,3-4H2,1-2H3,(H,10,11). The summed E-state index contributed by atoms with van der Waals surface area (Å²) in [4.78, 5) is 0. The van der Waals surface area contributed by atoms with Crippen LogP contribution in [0.4, 0.5) is 0 Å². The molecule has 1 aliphatic heterocycles. The van der Waals surface area contributed by atoms with Gasteiger partial charge in [-0.05, 0) is 5.92 Å². The van der Waals surface area contributed by atoms with E-state index in [9.17, 15) is 0 Å². The van der Waals surface area contributed by atoms with Gasteiger partial charge in [0, 0.05) is 18.7 Å². The van der Waals surface area contributed by atoms with Crippen LogP contribution < -0.4 is 5.32 Å². The average Bonchev–Trinajstić information content (AvgIpc) is 2.41. The van der Waals surface area contributed by atoms with Crippen LogP contribution in [-0.2, 0) is 13.1 Å². The van der Waals surface area contributed by atoms with Crippen molar-refractivity contribution in [3.05, 3.63) is 17.0 Å². The predicted octanol–water partition coefficient (Wildman–Crippen LogP) is 1.14. The Bertz CT molecular complexity index is 262. The van der Waals surface area contributed by atoms with E-state index >= 15 is 0 Å². The van der Waals surface area contributed by atoms with Crippen molar-refractivity contribution >= 4 is 0 Å². The first-order valence-electron chi connectivity index (χ1n) is 4.05. The van der Waals surface area contributed by atoms with Crippen molar-refractivity contribution < 1.29 is 0 Å². The molecule has 0 spiro atoms. The van der Waals surface area contributed by atoms with E-state index in [0.29, 0.717) is 5.92 Å². The number of rotatable bonds is 1. The van der Waals surface area contributed by atoms with Crippen molar-refractivity contribution in [3.63, 3.8) is 0 Å². The molecule has 3 nitrogen and oxygen atoms in total. The van der Waals surface area contributed by atoms with Gasteiger partial charge in [-0.1, -0.05) is 13.8 Å². The topological polar surface area (TPSA) is 40.7 Å². The first-order chi connectivity index (χ1) is 5.29. The van der Waals surface area contributed by atoms with Crippen molar-refractivity contribution in [2.24, 2.45) is 0 Å². The number of aromatic nitrogens is 2. The van der Waals surface area contributed by atoms with Gasteiger partial charge in [-0.2, -0.15) is 5.10 Å². The molecule has 0 fully saturated rings. The maximum atomic E-state index is 4.27. The Morgan fingerprint density at radius 3 is 2.91 bits per heavy atom. The number of aromatic amines is 1. The molecule has 11 heavy (non-hydrogen) atoms. The van der Waals surface area contributed by atoms with Crippen LogP contribution in [0.25, 0.3) is 0 Å². The minimum atomic E-state index is 0.537. The van der Waals surface area contributed by atoms with E-state index in [2.05, 4.69) is 29.4 Å². The monoisotopic (exact) mass is 151 g/mol. The Morgan fingerprint density at radius 2 is 2.18 bits per heavy atom. The van der Waals surface area contributed by atoms with E-state index in [1.807, 2.05) is 0 Å². The number of nitrogens with one attached hydrogen (secondary N) is 2. The summed E-state index contributed by atoms with van der Waals surface area (Å²) < 4.78 is 0. The van der Waals surface area contributed by atoms with E-state index in [1.54, 1.807) is 0 Å². The second-order valence-electron chi connectivity index (χ2n) is 3.32. The number of hydrogen-bond acceptors (Lipinski definition) is 2. The highest BCUT2D eigenvalue weighted by Gasteiger charge is 2.18. The van der Waals surface area contributed by atoms with Gasteiger partial charge < -0.3 is 5.32 Å². The van der Waals surface area contributed by atoms with Gasteiger partial charge in [-0.3, -0.25) is 5.10 Å². The molecule has 1 aromatic rings. The van der Waals surface area contributed by atoms with Crippen LogP contribution in [0.1, 0.15) is 36.7 Å². The molecule has 0 unspecified atom stereocenters. The molecule has 2 rings (SSSR count). The molecule has 0 saturated carbocycles. The van der Waals surface area contributed by atoms with E-state index in [4.69, 9.17) is 0 Å². The SMILES string of the molecule is CC(C)c1n[nH]c2c1CNC2. The Labute approximate surface area is 66.2 Å². The summed E-state index contributed by atoms with van der Waals surface area (Å²) >= 11 is 0. The third kappa shape index (κ3) is 0.959. The van der Waals surface area contributed by atoms with Gasteiger partial charge in [-0.15, -0.1) is 0 Å². The van der Waals surface area contributed by atoms with Crippen molar-refractivity contribution in [3.8, 4) is 0 Å². The molecule has 0 bridgehead atoms. The molecule has 1 aliphatic rings. The Morgan fingerprint density at radius 1 is 1.36 bits per heavy atom. The van der Waals surface area contributed by atoms with Gasteiger partial charge in [-0.25, -0.2) is 0 Å². The number of hydrogen-bond donors (Lipinski definition) is 2. The summed E-state index contributed by atoms with van der Waals surface area (Å²) in [5.74, 6) is 0.537. The molecule has 1 aromatic heterocycles. The molecule has 0 radical (unpaired) electrons. The summed E-state index contributed by atoms with van der Waals surface area (Å²) in [6.07, 6.45) is 0. The quantitative estimate of drug-likeness (QED) is 0.631. The van der Waals surface area contributed by atoms with Crippen LogP contribution in [0.15, 0.2) is 0 Å². The Kier molecular flexibility index (Phi) is 1.46. The lowest BCUT2D eigenvalue weighted by Gasteiger charge is -2.00. The van der Waals surface area contributed by atoms with Crippen molar-refractivity contribution in [1.29, 1.82) is 0 Å². The van der Waals surface area contributed by atoms with Crippen molar-refractivity contribution in [1.82, 2.24) is 15.5 Å². The summed E-state index contributed by atoms with van der Waals surface area (Å²) in [5.41, 5.74) is 3.89. The lowest BCUT2D eigenvalue weighted by Crippen LogP contribution is -2.04. The fraction of sp³-hybridized carbons (Fsp3) is 0.625. The van der Waals surface area contributed by atoms with Gasteiger partial charge in [0.2, 0.25) is 0 Å². The van der Waals surface area contributed by atoms with Gasteiger partial charge in [0.25, 0.3) is 0 Å². The van der Waals surface area contributed by atoms with Gasteiger partial charge >= 0.3 is 0 Å². The molecule has 0 saturated heterocycles. The van der Waals surface area contributed by atoms with E-state index in [0.717, 1.165) is 13.1 Å². The minimum Gasteiger partial charge on any atom is -0.307 e. The van der Waals surface area contributed by atoms with Crippen LogP contribution in [0, 0.1) is 0 Å². The molecular formula is C8H13N3. The summed E-state index contributed by atoms with van der Waals surface area (Å²) in [6.45, 7) is 6.29. The molecule has 60 valence electrons. The molecule has 0 aliphatic carbocycles. The Hall–Kier alpha value is -0.830. The molecule has 2 N–H and O–H groups in total. The first-order valence-corrected chi connectivity index (χ1v) is 4.05. The molecule has 0 amide bonds. The zero-order chi connectivity index (χ0) is 7.84. The smallest absolute Gasteiger partial charge is 0.0695 e. The third-order valence-corrected chi connectivity index (χ3v) is 2.14. The van der Waals surface area contributed by atoms with Gasteiger partial charge in [0.15, 0.2) is 0 Å². The van der Waals surface area contributed by atoms with E-state index < -0.39 is 0 Å². The number of nitrogens with zero attached hydrogens (tertiary/aromatic N) is 1. The maximum Gasteiger partial charge on any atom is 0.0695 e. The summed E-state index contributed by atoms with van der Waals surface area (Å²) in [5, 5.41) is 10.6. The number of fused-ring (bicyclic) bond motifs is 1. The highest BCUT2D eigenvalue weighted by Crippen LogP contribution is 2.22. The first kappa shape index (κ1) is 6.85. The summed E-state index contributed by atoms with van der Waals surface area (Å²) in [7, 11) is 0. The van der Waals surface area contributed by atoms with Crippen LogP contribution in [-0.4, -0.2) is 10.2 Å². The van der Waals surface area contributed by atoms with Crippen LogP contribution in [0.5, 0.6) is 0 Å². The second-order valence-corrected chi connectivity index (χ2v) is 3.32. The average molecular weight is 151 g/mol. The van der Waals surface area contributed by atoms with Gasteiger partial charge in [0.1, 0.15) is 0 Å². The van der Waals surface area contributed by atoms with E-state index in [-0.39, 0.29) is 0 Å². The fourth-order valence-electron chi connectivity index (χ4n) is 1.55. The van der Waals surface area contributed by atoms with Crippen LogP contribution in [0.2, 0.25) is 0 Å². The van der Waals surface area contributed by atoms with Crippen LogP contribution >= 0.6 is 0 Å². The lowest BCUT2D eigenvalue weighted by molar-refractivity contribution is 0.714. The molecule has 0 aromatic carbocycles. The van der Waals surface area contributed by atoms with E-state index in [1.165, 1.54) is 17.0 Å². The largest absolute Gasteiger partial charge is 0.307 e. The van der Waals surface area contributed by atoms with Crippen molar-refractivity contribution in [2.45, 2.75) is 32.9 Å². The zero-order valence-electron chi connectivity index (χ0n) is 6.94. The summed E-state index contributed by atoms with van der Waals surface area (Å²) in [6, 6.07) is 0. The normalized spacial score (nSPS) is 15.9. The number of H-pyrrole nitrogens is 1.